The van der Waals surface area contributed by atoms with Crippen molar-refractivity contribution >= 4 is 5.97 Å². The van der Waals surface area contributed by atoms with E-state index in [2.05, 4.69) is 0 Å². The van der Waals surface area contributed by atoms with Crippen molar-refractivity contribution < 1.29 is 29.1 Å². The standard InChI is InChI=1S/C19H36O6/c1-8-17(4,5)22-24-19(25-23-18(6,7)9-2)14-12-11-13-15(19)16(20)21-10-3/h15H,8-14H2,1-7H3. The lowest BCUT2D eigenvalue weighted by Crippen LogP contribution is -2.52. The number of rotatable bonds is 10. The van der Waals surface area contributed by atoms with Gasteiger partial charge in [0.2, 0.25) is 5.79 Å². The van der Waals surface area contributed by atoms with Crippen molar-refractivity contribution in [1.82, 2.24) is 0 Å². The second-order valence-electron chi connectivity index (χ2n) is 7.92. The molecule has 0 heterocycles. The fourth-order valence-electron chi connectivity index (χ4n) is 2.35. The van der Waals surface area contributed by atoms with E-state index >= 15 is 0 Å². The van der Waals surface area contributed by atoms with E-state index in [1.165, 1.54) is 0 Å². The van der Waals surface area contributed by atoms with Gasteiger partial charge in [0.05, 0.1) is 17.8 Å². The number of hydrogen-bond acceptors (Lipinski definition) is 6. The molecule has 0 N–H and O–H groups in total. The summed E-state index contributed by atoms with van der Waals surface area (Å²) in [5.74, 6) is -2.21. The van der Waals surface area contributed by atoms with Gasteiger partial charge >= 0.3 is 5.97 Å². The Balaban J connectivity index is 3.03. The first-order chi connectivity index (χ1) is 11.6. The molecule has 1 aliphatic rings. The van der Waals surface area contributed by atoms with Gasteiger partial charge < -0.3 is 4.74 Å². The largest absolute Gasteiger partial charge is 0.466 e. The lowest BCUT2D eigenvalue weighted by atomic mass is 9.83. The molecule has 0 amide bonds. The SMILES string of the molecule is CCOC(=O)C1CCCCC1(OOC(C)(C)CC)OOC(C)(C)CC. The molecule has 1 fully saturated rings. The van der Waals surface area contributed by atoms with Crippen molar-refractivity contribution in [2.45, 2.75) is 104 Å². The van der Waals surface area contributed by atoms with Crippen LogP contribution >= 0.6 is 0 Å². The monoisotopic (exact) mass is 360 g/mol. The molecule has 6 nitrogen and oxygen atoms in total. The van der Waals surface area contributed by atoms with Crippen molar-refractivity contribution in [2.24, 2.45) is 5.92 Å². The molecule has 0 spiro atoms. The van der Waals surface area contributed by atoms with Crippen LogP contribution in [-0.2, 0) is 29.1 Å². The minimum atomic E-state index is -1.29. The maximum Gasteiger partial charge on any atom is 0.314 e. The molecule has 0 aromatic rings. The number of hydrogen-bond donors (Lipinski definition) is 0. The fraction of sp³-hybridized carbons (Fsp3) is 0.947. The molecule has 1 unspecified atom stereocenters. The molecule has 0 radical (unpaired) electrons. The van der Waals surface area contributed by atoms with Crippen molar-refractivity contribution in [3.8, 4) is 0 Å². The summed E-state index contributed by atoms with van der Waals surface area (Å²) in [7, 11) is 0. The zero-order valence-electron chi connectivity index (χ0n) is 17.0. The molecule has 0 saturated heterocycles. The Labute approximate surface area is 152 Å². The second kappa shape index (κ2) is 9.31. The molecule has 0 bridgehead atoms. The summed E-state index contributed by atoms with van der Waals surface area (Å²) in [5.41, 5.74) is -0.986. The Hall–Kier alpha value is -0.690. The van der Waals surface area contributed by atoms with Crippen molar-refractivity contribution in [3.05, 3.63) is 0 Å². The van der Waals surface area contributed by atoms with E-state index in [4.69, 9.17) is 24.3 Å². The Morgan fingerprint density at radius 2 is 1.48 bits per heavy atom. The average molecular weight is 360 g/mol. The molecule has 1 aliphatic carbocycles. The summed E-state index contributed by atoms with van der Waals surface area (Å²) in [6, 6.07) is 0. The first-order valence-corrected chi connectivity index (χ1v) is 9.51. The lowest BCUT2D eigenvalue weighted by Gasteiger charge is -2.42. The zero-order chi connectivity index (χ0) is 19.1. The molecular formula is C19H36O6. The van der Waals surface area contributed by atoms with Gasteiger partial charge in [0, 0.05) is 6.42 Å². The Bertz CT molecular complexity index is 398. The molecule has 0 aromatic heterocycles. The molecule has 6 heteroatoms. The normalized spacial score (nSPS) is 21.2. The zero-order valence-corrected chi connectivity index (χ0v) is 17.0. The van der Waals surface area contributed by atoms with Gasteiger partial charge in [0.1, 0.15) is 5.92 Å². The van der Waals surface area contributed by atoms with Crippen molar-refractivity contribution in [2.75, 3.05) is 6.61 Å². The van der Waals surface area contributed by atoms with E-state index in [0.717, 1.165) is 25.7 Å². The van der Waals surface area contributed by atoms with Crippen LogP contribution in [-0.4, -0.2) is 29.6 Å². The van der Waals surface area contributed by atoms with Gasteiger partial charge in [0.15, 0.2) is 0 Å². The molecule has 1 atom stereocenters. The second-order valence-corrected chi connectivity index (χ2v) is 7.92. The molecule has 1 saturated carbocycles. The minimum Gasteiger partial charge on any atom is -0.466 e. The molecule has 148 valence electrons. The lowest BCUT2D eigenvalue weighted by molar-refractivity contribution is -0.555. The van der Waals surface area contributed by atoms with Crippen molar-refractivity contribution in [1.29, 1.82) is 0 Å². The molecule has 0 aliphatic heterocycles. The van der Waals surface area contributed by atoms with Gasteiger partial charge in [-0.25, -0.2) is 9.78 Å². The quantitative estimate of drug-likeness (QED) is 0.243. The van der Waals surface area contributed by atoms with Crippen molar-refractivity contribution in [3.63, 3.8) is 0 Å². The highest BCUT2D eigenvalue weighted by Crippen LogP contribution is 2.41. The van der Waals surface area contributed by atoms with Gasteiger partial charge in [-0.2, -0.15) is 9.78 Å². The first kappa shape index (κ1) is 22.4. The fourth-order valence-corrected chi connectivity index (χ4v) is 2.35. The van der Waals surface area contributed by atoms with E-state index in [0.29, 0.717) is 19.4 Å². The summed E-state index contributed by atoms with van der Waals surface area (Å²) >= 11 is 0. The van der Waals surface area contributed by atoms with Gasteiger partial charge in [0.25, 0.3) is 0 Å². The Morgan fingerprint density at radius 1 is 0.960 bits per heavy atom. The Kier molecular flexibility index (Phi) is 8.32. The number of carbonyl (C=O) groups is 1. The summed E-state index contributed by atoms with van der Waals surface area (Å²) < 4.78 is 5.24. The third-order valence-corrected chi connectivity index (χ3v) is 4.89. The van der Waals surface area contributed by atoms with Crippen LogP contribution in [0.15, 0.2) is 0 Å². The van der Waals surface area contributed by atoms with E-state index in [1.807, 2.05) is 41.5 Å². The predicted octanol–water partition coefficient (Wildman–Crippen LogP) is 4.71. The van der Waals surface area contributed by atoms with Crippen LogP contribution in [0.2, 0.25) is 0 Å². The molecular weight excluding hydrogens is 324 g/mol. The van der Waals surface area contributed by atoms with Crippen LogP contribution in [0.25, 0.3) is 0 Å². The third-order valence-electron chi connectivity index (χ3n) is 4.89. The van der Waals surface area contributed by atoms with Gasteiger partial charge in [-0.1, -0.05) is 20.3 Å². The Morgan fingerprint density at radius 3 is 1.92 bits per heavy atom. The smallest absolute Gasteiger partial charge is 0.314 e. The molecule has 1 rings (SSSR count). The number of carbonyl (C=O) groups excluding carboxylic acids is 1. The highest BCUT2D eigenvalue weighted by Gasteiger charge is 2.52. The van der Waals surface area contributed by atoms with Gasteiger partial charge in [-0.3, -0.25) is 4.79 Å². The molecule has 0 aromatic carbocycles. The highest BCUT2D eigenvalue weighted by atomic mass is 17.3. The maximum atomic E-state index is 12.5. The van der Waals surface area contributed by atoms with Crippen LogP contribution in [0.3, 0.4) is 0 Å². The minimum absolute atomic E-state index is 0.314. The third kappa shape index (κ3) is 6.51. The van der Waals surface area contributed by atoms with Gasteiger partial charge in [-0.15, -0.1) is 0 Å². The van der Waals surface area contributed by atoms with E-state index in [1.54, 1.807) is 6.92 Å². The summed E-state index contributed by atoms with van der Waals surface area (Å²) in [4.78, 5) is 35.4. The van der Waals surface area contributed by atoms with E-state index in [9.17, 15) is 4.79 Å². The maximum absolute atomic E-state index is 12.5. The summed E-state index contributed by atoms with van der Waals surface area (Å²) in [6.45, 7) is 13.8. The van der Waals surface area contributed by atoms with E-state index in [-0.39, 0.29) is 5.97 Å². The van der Waals surface area contributed by atoms with Crippen LogP contribution in [0, 0.1) is 5.92 Å². The highest BCUT2D eigenvalue weighted by molar-refractivity contribution is 5.73. The van der Waals surface area contributed by atoms with Crippen LogP contribution in [0.1, 0.15) is 87.0 Å². The predicted molar refractivity (Wildman–Crippen MR) is 94.4 cm³/mol. The van der Waals surface area contributed by atoms with E-state index < -0.39 is 22.9 Å². The van der Waals surface area contributed by atoms with Crippen LogP contribution in [0.5, 0.6) is 0 Å². The first-order valence-electron chi connectivity index (χ1n) is 9.51. The van der Waals surface area contributed by atoms with Crippen LogP contribution < -0.4 is 0 Å². The summed E-state index contributed by atoms with van der Waals surface area (Å²) in [6.07, 6.45) is 4.41. The molecule has 25 heavy (non-hydrogen) atoms. The van der Waals surface area contributed by atoms with Gasteiger partial charge in [-0.05, 0) is 60.3 Å². The number of ether oxygens (including phenoxy) is 1. The topological polar surface area (TPSA) is 63.2 Å². The number of esters is 1. The van der Waals surface area contributed by atoms with Crippen LogP contribution in [0.4, 0.5) is 0 Å². The summed E-state index contributed by atoms with van der Waals surface area (Å²) in [5, 5.41) is 0. The average Bonchev–Trinajstić information content (AvgIpc) is 2.59.